The first-order valence-electron chi connectivity index (χ1n) is 9.83. The largest absolute Gasteiger partial charge is 0.486 e. The topological polar surface area (TPSA) is 71.5 Å². The van der Waals surface area contributed by atoms with E-state index in [-0.39, 0.29) is 18.4 Å². The summed E-state index contributed by atoms with van der Waals surface area (Å²) in [5, 5.41) is 9.73. The van der Waals surface area contributed by atoms with Gasteiger partial charge in [0.05, 0.1) is 13.2 Å². The second-order valence-corrected chi connectivity index (χ2v) is 7.63. The number of benzene rings is 1. The molecule has 0 unspecified atom stereocenters. The lowest BCUT2D eigenvalue weighted by molar-refractivity contribution is 0.0130. The van der Waals surface area contributed by atoms with Crippen molar-refractivity contribution in [2.45, 2.75) is 6.42 Å². The summed E-state index contributed by atoms with van der Waals surface area (Å²) in [5.74, 6) is 1.82. The van der Waals surface area contributed by atoms with Crippen LogP contribution in [0.15, 0.2) is 18.2 Å². The van der Waals surface area contributed by atoms with Gasteiger partial charge in [0.25, 0.3) is 5.91 Å². The number of hydrogen-bond donors (Lipinski definition) is 1. The van der Waals surface area contributed by atoms with Gasteiger partial charge in [-0.25, -0.2) is 0 Å². The van der Waals surface area contributed by atoms with Crippen molar-refractivity contribution in [3.8, 4) is 11.5 Å². The zero-order chi connectivity index (χ0) is 18.6. The molecule has 7 nitrogen and oxygen atoms in total. The van der Waals surface area contributed by atoms with Crippen molar-refractivity contribution >= 4 is 5.91 Å². The number of hydrogen-bond acceptors (Lipinski definition) is 6. The van der Waals surface area contributed by atoms with Crippen LogP contribution in [-0.2, 0) is 4.74 Å². The van der Waals surface area contributed by atoms with E-state index < -0.39 is 0 Å². The third kappa shape index (κ3) is 4.36. The van der Waals surface area contributed by atoms with E-state index in [9.17, 15) is 9.90 Å². The lowest BCUT2D eigenvalue weighted by Crippen LogP contribution is -2.49. The van der Waals surface area contributed by atoms with E-state index in [1.165, 1.54) is 0 Å². The fourth-order valence-corrected chi connectivity index (χ4v) is 4.26. The maximum Gasteiger partial charge on any atom is 0.254 e. The average Bonchev–Trinajstić information content (AvgIpc) is 2.73. The van der Waals surface area contributed by atoms with E-state index in [1.807, 2.05) is 4.90 Å². The smallest absolute Gasteiger partial charge is 0.254 e. The van der Waals surface area contributed by atoms with Crippen LogP contribution < -0.4 is 9.47 Å². The van der Waals surface area contributed by atoms with Gasteiger partial charge >= 0.3 is 0 Å². The van der Waals surface area contributed by atoms with Gasteiger partial charge in [-0.2, -0.15) is 0 Å². The molecule has 1 amide bonds. The number of likely N-dealkylation sites (tertiary alicyclic amines) is 1. The second kappa shape index (κ2) is 8.46. The molecule has 7 heteroatoms. The molecule has 0 aliphatic carbocycles. The lowest BCUT2D eigenvalue weighted by Gasteiger charge is -2.40. The van der Waals surface area contributed by atoms with E-state index in [0.29, 0.717) is 42.7 Å². The van der Waals surface area contributed by atoms with Gasteiger partial charge in [-0.05, 0) is 36.5 Å². The Kier molecular flexibility index (Phi) is 5.80. The summed E-state index contributed by atoms with van der Waals surface area (Å²) in [6.45, 7) is 6.86. The van der Waals surface area contributed by atoms with Gasteiger partial charge in [0, 0.05) is 44.9 Å². The predicted molar refractivity (Wildman–Crippen MR) is 99.3 cm³/mol. The first-order chi connectivity index (χ1) is 13.2. The average molecular weight is 376 g/mol. The summed E-state index contributed by atoms with van der Waals surface area (Å²) in [6.07, 6.45) is 0.957. The molecule has 1 aromatic rings. The molecule has 3 heterocycles. The summed E-state index contributed by atoms with van der Waals surface area (Å²) in [4.78, 5) is 17.4. The molecule has 1 N–H and O–H groups in total. The first-order valence-corrected chi connectivity index (χ1v) is 9.83. The maximum atomic E-state index is 13.1. The summed E-state index contributed by atoms with van der Waals surface area (Å²) in [6, 6.07) is 5.38. The van der Waals surface area contributed by atoms with Crippen LogP contribution in [0.25, 0.3) is 0 Å². The molecule has 0 spiro atoms. The predicted octanol–water partition coefficient (Wildman–Crippen LogP) is 0.861. The Morgan fingerprint density at radius 1 is 1.04 bits per heavy atom. The minimum absolute atomic E-state index is 0.00268. The van der Waals surface area contributed by atoms with Crippen molar-refractivity contribution in [2.75, 3.05) is 65.8 Å². The minimum Gasteiger partial charge on any atom is -0.486 e. The van der Waals surface area contributed by atoms with Crippen LogP contribution in [-0.4, -0.2) is 86.6 Å². The van der Waals surface area contributed by atoms with Gasteiger partial charge in [-0.15, -0.1) is 0 Å². The molecule has 0 aromatic heterocycles. The molecule has 4 rings (SSSR count). The zero-order valence-corrected chi connectivity index (χ0v) is 15.6. The number of rotatable bonds is 4. The molecule has 0 bridgehead atoms. The molecular formula is C20H28N2O5. The van der Waals surface area contributed by atoms with E-state index in [0.717, 1.165) is 45.8 Å². The number of fused-ring (bicyclic) bond motifs is 1. The van der Waals surface area contributed by atoms with E-state index in [4.69, 9.17) is 14.2 Å². The van der Waals surface area contributed by atoms with Crippen LogP contribution in [0.1, 0.15) is 16.8 Å². The number of aliphatic hydroxyl groups is 1. The highest BCUT2D eigenvalue weighted by molar-refractivity contribution is 5.95. The molecule has 3 aliphatic rings. The number of amides is 1. The fourth-order valence-electron chi connectivity index (χ4n) is 4.26. The van der Waals surface area contributed by atoms with Crippen LogP contribution >= 0.6 is 0 Å². The number of nitrogens with zero attached hydrogens (tertiary/aromatic N) is 2. The molecular weight excluding hydrogens is 348 g/mol. The fraction of sp³-hybridized carbons (Fsp3) is 0.650. The Balaban J connectivity index is 1.45. The van der Waals surface area contributed by atoms with Gasteiger partial charge < -0.3 is 24.2 Å². The lowest BCUT2D eigenvalue weighted by atomic mass is 9.88. The van der Waals surface area contributed by atoms with Gasteiger partial charge in [-0.3, -0.25) is 9.69 Å². The summed E-state index contributed by atoms with van der Waals surface area (Å²) in [7, 11) is 0. The van der Waals surface area contributed by atoms with Crippen LogP contribution in [0.2, 0.25) is 0 Å². The highest BCUT2D eigenvalue weighted by atomic mass is 16.6. The molecule has 148 valence electrons. The molecule has 2 fully saturated rings. The standard InChI is InChI=1S/C20H28N2O5/c23-14-16-9-15(11-21-3-5-25-6-4-21)12-22(13-16)20(24)17-1-2-18-19(10-17)27-8-7-26-18/h1-2,10,15-16,23H,3-9,11-14H2/t15-,16-/m0/s1. The summed E-state index contributed by atoms with van der Waals surface area (Å²) < 4.78 is 16.6. The monoisotopic (exact) mass is 376 g/mol. The molecule has 0 saturated carbocycles. The Labute approximate surface area is 159 Å². The van der Waals surface area contributed by atoms with Crippen molar-refractivity contribution < 1.29 is 24.1 Å². The Morgan fingerprint density at radius 3 is 2.56 bits per heavy atom. The molecule has 0 radical (unpaired) electrons. The van der Waals surface area contributed by atoms with E-state index >= 15 is 0 Å². The van der Waals surface area contributed by atoms with Gasteiger partial charge in [0.2, 0.25) is 0 Å². The number of piperidine rings is 1. The molecule has 2 saturated heterocycles. The van der Waals surface area contributed by atoms with E-state index in [1.54, 1.807) is 18.2 Å². The van der Waals surface area contributed by atoms with Crippen molar-refractivity contribution in [1.29, 1.82) is 0 Å². The number of carbonyl (C=O) groups is 1. The third-order valence-corrected chi connectivity index (χ3v) is 5.58. The van der Waals surface area contributed by atoms with Crippen LogP contribution in [0.3, 0.4) is 0 Å². The normalized spacial score (nSPS) is 26.0. The summed E-state index contributed by atoms with van der Waals surface area (Å²) in [5.41, 5.74) is 0.614. The Morgan fingerprint density at radius 2 is 1.78 bits per heavy atom. The molecule has 27 heavy (non-hydrogen) atoms. The minimum atomic E-state index is -0.00268. The number of morpholine rings is 1. The molecule has 1 aromatic carbocycles. The van der Waals surface area contributed by atoms with Crippen LogP contribution in [0.5, 0.6) is 11.5 Å². The molecule has 2 atom stereocenters. The van der Waals surface area contributed by atoms with Gasteiger partial charge in [0.1, 0.15) is 13.2 Å². The van der Waals surface area contributed by atoms with Crippen molar-refractivity contribution in [2.24, 2.45) is 11.8 Å². The highest BCUT2D eigenvalue weighted by Crippen LogP contribution is 2.32. The van der Waals surface area contributed by atoms with Crippen LogP contribution in [0, 0.1) is 11.8 Å². The number of aliphatic hydroxyl groups excluding tert-OH is 1. The summed E-state index contributed by atoms with van der Waals surface area (Å²) >= 11 is 0. The van der Waals surface area contributed by atoms with Gasteiger partial charge in [-0.1, -0.05) is 0 Å². The van der Waals surface area contributed by atoms with Crippen molar-refractivity contribution in [3.05, 3.63) is 23.8 Å². The van der Waals surface area contributed by atoms with Crippen LogP contribution in [0.4, 0.5) is 0 Å². The van der Waals surface area contributed by atoms with Crippen molar-refractivity contribution in [1.82, 2.24) is 9.80 Å². The first kappa shape index (κ1) is 18.5. The van der Waals surface area contributed by atoms with E-state index in [2.05, 4.69) is 4.90 Å². The third-order valence-electron chi connectivity index (χ3n) is 5.58. The Bertz CT molecular complexity index is 662. The second-order valence-electron chi connectivity index (χ2n) is 7.63. The highest BCUT2D eigenvalue weighted by Gasteiger charge is 2.32. The quantitative estimate of drug-likeness (QED) is 0.841. The SMILES string of the molecule is O=C(c1ccc2c(c1)OCCO2)N1C[C@@H](CO)C[C@@H](CN2CCOCC2)C1. The molecule has 3 aliphatic heterocycles. The maximum absolute atomic E-state index is 13.1. The Hall–Kier alpha value is -1.83. The van der Waals surface area contributed by atoms with Crippen molar-refractivity contribution in [3.63, 3.8) is 0 Å². The number of carbonyl (C=O) groups excluding carboxylic acids is 1. The number of ether oxygens (including phenoxy) is 3. The zero-order valence-electron chi connectivity index (χ0n) is 15.6. The van der Waals surface area contributed by atoms with Gasteiger partial charge in [0.15, 0.2) is 11.5 Å².